The van der Waals surface area contributed by atoms with Crippen molar-refractivity contribution < 1.29 is 19.7 Å². The lowest BCUT2D eigenvalue weighted by Crippen LogP contribution is -2.27. The van der Waals surface area contributed by atoms with Gasteiger partial charge in [0.1, 0.15) is 0 Å². The van der Waals surface area contributed by atoms with Crippen molar-refractivity contribution in [3.8, 4) is 0 Å². The smallest absolute Gasteiger partial charge is 0.0875 e. The normalized spacial score (nSPS) is 13.8. The van der Waals surface area contributed by atoms with E-state index >= 15 is 0 Å². The maximum Gasteiger partial charge on any atom is 0.0875 e. The van der Waals surface area contributed by atoms with E-state index < -0.39 is 22.4 Å². The minimum Gasteiger partial charge on any atom is -0.390 e. The molecule has 0 aromatic heterocycles. The molecule has 0 amide bonds. The van der Waals surface area contributed by atoms with Gasteiger partial charge in [0.2, 0.25) is 0 Å². The van der Waals surface area contributed by atoms with Crippen LogP contribution in [0.5, 0.6) is 0 Å². The Hall–Kier alpha value is -1.72. The summed E-state index contributed by atoms with van der Waals surface area (Å²) < 4.78 is 12.2. The Morgan fingerprint density at radius 3 is 1.00 bits per heavy atom. The van der Waals surface area contributed by atoms with Crippen molar-refractivity contribution in [2.24, 2.45) is 0 Å². The zero-order valence-electron chi connectivity index (χ0n) is 23.7. The second-order valence-electron chi connectivity index (χ2n) is 12.6. The zero-order chi connectivity index (χ0) is 26.7. The van der Waals surface area contributed by atoms with Gasteiger partial charge in [-0.1, -0.05) is 62.4 Å². The van der Waals surface area contributed by atoms with E-state index in [1.54, 1.807) is 27.7 Å². The fourth-order valence-corrected chi connectivity index (χ4v) is 4.02. The first-order chi connectivity index (χ1) is 15.8. The van der Waals surface area contributed by atoms with Crippen molar-refractivity contribution in [2.45, 2.75) is 110 Å². The molecule has 196 valence electrons. The summed E-state index contributed by atoms with van der Waals surface area (Å²) in [6.07, 6.45) is 1.19. The minimum absolute atomic E-state index is 0.158. The van der Waals surface area contributed by atoms with Crippen molar-refractivity contribution in [1.29, 1.82) is 0 Å². The standard InChI is InChI=1S/C31H48O4/c1-27(2,32)19-21-34-30(7,8)25-15-11-23(12-16-25)29(5,6)24-13-17-26(18-14-24)31(9,10)35-22-20-28(3,4)33/h11-18,32-33H,19-22H2,1-10H3. The molecule has 0 radical (unpaired) electrons. The molecule has 0 atom stereocenters. The van der Waals surface area contributed by atoms with Gasteiger partial charge >= 0.3 is 0 Å². The molecule has 2 aromatic carbocycles. The first-order valence-corrected chi connectivity index (χ1v) is 12.8. The Kier molecular flexibility index (Phi) is 9.04. The van der Waals surface area contributed by atoms with E-state index in [-0.39, 0.29) is 5.41 Å². The molecule has 0 spiro atoms. The molecule has 2 aromatic rings. The Morgan fingerprint density at radius 2 is 0.743 bits per heavy atom. The van der Waals surface area contributed by atoms with Gasteiger partial charge in [0.15, 0.2) is 0 Å². The van der Waals surface area contributed by atoms with E-state index in [2.05, 4.69) is 90.1 Å². The number of hydrogen-bond donors (Lipinski definition) is 2. The van der Waals surface area contributed by atoms with Gasteiger partial charge in [0.05, 0.1) is 35.6 Å². The van der Waals surface area contributed by atoms with Crippen molar-refractivity contribution in [3.63, 3.8) is 0 Å². The molecule has 2 rings (SSSR count). The SMILES string of the molecule is CC(C)(O)CCOC(C)(C)c1ccc(C(C)(C)c2ccc(C(C)(C)OCCC(C)(C)O)cc2)cc1. The largest absolute Gasteiger partial charge is 0.390 e. The van der Waals surface area contributed by atoms with E-state index in [0.717, 1.165) is 11.1 Å². The Labute approximate surface area is 213 Å². The molecule has 0 heterocycles. The fourth-order valence-electron chi connectivity index (χ4n) is 4.02. The van der Waals surface area contributed by atoms with Crippen molar-refractivity contribution in [1.82, 2.24) is 0 Å². The molecular weight excluding hydrogens is 436 g/mol. The highest BCUT2D eigenvalue weighted by atomic mass is 16.5. The highest BCUT2D eigenvalue weighted by Gasteiger charge is 2.28. The molecule has 0 saturated carbocycles. The van der Waals surface area contributed by atoms with Gasteiger partial charge in [-0.2, -0.15) is 0 Å². The summed E-state index contributed by atoms with van der Waals surface area (Å²) in [5.41, 5.74) is 2.26. The van der Waals surface area contributed by atoms with E-state index in [1.807, 2.05) is 0 Å². The monoisotopic (exact) mass is 484 g/mol. The number of ether oxygens (including phenoxy) is 2. The Morgan fingerprint density at radius 1 is 0.486 bits per heavy atom. The highest BCUT2D eigenvalue weighted by Crippen LogP contribution is 2.35. The number of benzene rings is 2. The summed E-state index contributed by atoms with van der Waals surface area (Å²) in [5, 5.41) is 19.9. The molecular formula is C31H48O4. The summed E-state index contributed by atoms with van der Waals surface area (Å²) in [6, 6.07) is 17.3. The zero-order valence-corrected chi connectivity index (χ0v) is 23.7. The quantitative estimate of drug-likeness (QED) is 0.346. The number of aliphatic hydroxyl groups is 2. The average molecular weight is 485 g/mol. The maximum absolute atomic E-state index is 9.95. The van der Waals surface area contributed by atoms with Gasteiger partial charge < -0.3 is 19.7 Å². The van der Waals surface area contributed by atoms with Crippen LogP contribution in [0.3, 0.4) is 0 Å². The van der Waals surface area contributed by atoms with Crippen LogP contribution >= 0.6 is 0 Å². The van der Waals surface area contributed by atoms with E-state index in [4.69, 9.17) is 9.47 Å². The van der Waals surface area contributed by atoms with E-state index in [1.165, 1.54) is 11.1 Å². The predicted octanol–water partition coefficient (Wildman–Crippen LogP) is 6.84. The van der Waals surface area contributed by atoms with Crippen LogP contribution < -0.4 is 0 Å². The summed E-state index contributed by atoms with van der Waals surface area (Å²) in [6.45, 7) is 21.0. The molecule has 35 heavy (non-hydrogen) atoms. The van der Waals surface area contributed by atoms with Crippen LogP contribution in [0, 0.1) is 0 Å². The summed E-state index contributed by atoms with van der Waals surface area (Å²) >= 11 is 0. The molecule has 0 aliphatic rings. The van der Waals surface area contributed by atoms with Crippen molar-refractivity contribution in [3.05, 3.63) is 70.8 Å². The average Bonchev–Trinajstić information content (AvgIpc) is 2.71. The van der Waals surface area contributed by atoms with Crippen LogP contribution in [0.25, 0.3) is 0 Å². The van der Waals surface area contributed by atoms with Crippen LogP contribution in [-0.2, 0) is 26.1 Å². The third-order valence-corrected chi connectivity index (χ3v) is 6.96. The Balaban J connectivity index is 2.11. The summed E-state index contributed by atoms with van der Waals surface area (Å²) in [4.78, 5) is 0. The maximum atomic E-state index is 9.95. The first-order valence-electron chi connectivity index (χ1n) is 12.8. The third kappa shape index (κ3) is 8.71. The minimum atomic E-state index is -0.725. The lowest BCUT2D eigenvalue weighted by Gasteiger charge is -2.31. The van der Waals surface area contributed by atoms with Crippen LogP contribution in [0.15, 0.2) is 48.5 Å². The van der Waals surface area contributed by atoms with E-state index in [9.17, 15) is 10.2 Å². The highest BCUT2D eigenvalue weighted by molar-refractivity contribution is 5.41. The fraction of sp³-hybridized carbons (Fsp3) is 0.613. The molecule has 0 aliphatic carbocycles. The van der Waals surface area contributed by atoms with Crippen LogP contribution in [0.1, 0.15) is 104 Å². The van der Waals surface area contributed by atoms with Gasteiger partial charge in [-0.15, -0.1) is 0 Å². The molecule has 0 unspecified atom stereocenters. The van der Waals surface area contributed by atoms with Crippen LogP contribution in [-0.4, -0.2) is 34.6 Å². The lowest BCUT2D eigenvalue weighted by molar-refractivity contribution is -0.0500. The van der Waals surface area contributed by atoms with Gasteiger partial charge in [-0.25, -0.2) is 0 Å². The molecule has 0 aliphatic heterocycles. The van der Waals surface area contributed by atoms with Crippen molar-refractivity contribution >= 4 is 0 Å². The number of rotatable bonds is 12. The Bertz CT molecular complexity index is 846. The topological polar surface area (TPSA) is 58.9 Å². The van der Waals surface area contributed by atoms with E-state index in [0.29, 0.717) is 26.1 Å². The van der Waals surface area contributed by atoms with Gasteiger partial charge in [-0.05, 0) is 90.5 Å². The van der Waals surface area contributed by atoms with Gasteiger partial charge in [0, 0.05) is 5.41 Å². The number of hydrogen-bond acceptors (Lipinski definition) is 4. The molecule has 2 N–H and O–H groups in total. The molecule has 4 nitrogen and oxygen atoms in total. The van der Waals surface area contributed by atoms with Crippen LogP contribution in [0.4, 0.5) is 0 Å². The second kappa shape index (κ2) is 10.7. The lowest BCUT2D eigenvalue weighted by atomic mass is 9.77. The van der Waals surface area contributed by atoms with Gasteiger partial charge in [0.25, 0.3) is 0 Å². The second-order valence-corrected chi connectivity index (χ2v) is 12.6. The van der Waals surface area contributed by atoms with Crippen molar-refractivity contribution in [2.75, 3.05) is 13.2 Å². The molecule has 0 bridgehead atoms. The summed E-state index contributed by atoms with van der Waals surface area (Å²) in [5.74, 6) is 0. The predicted molar refractivity (Wildman–Crippen MR) is 145 cm³/mol. The first kappa shape index (κ1) is 29.5. The molecule has 0 fully saturated rings. The molecule has 4 heteroatoms. The third-order valence-electron chi connectivity index (χ3n) is 6.96. The summed E-state index contributed by atoms with van der Waals surface area (Å²) in [7, 11) is 0. The van der Waals surface area contributed by atoms with Crippen LogP contribution in [0.2, 0.25) is 0 Å². The molecule has 0 saturated heterocycles. The van der Waals surface area contributed by atoms with Gasteiger partial charge in [-0.3, -0.25) is 0 Å².